The molecule has 0 spiro atoms. The Morgan fingerprint density at radius 2 is 0.920 bits per heavy atom. The lowest BCUT2D eigenvalue weighted by molar-refractivity contribution is -0.184. The van der Waals surface area contributed by atoms with Crippen molar-refractivity contribution in [3.63, 3.8) is 0 Å². The highest BCUT2D eigenvalue weighted by Crippen LogP contribution is 2.29. The summed E-state index contributed by atoms with van der Waals surface area (Å²) in [6.45, 7) is 16.1. The summed E-state index contributed by atoms with van der Waals surface area (Å²) in [6.07, 6.45) is -0.699. The van der Waals surface area contributed by atoms with Crippen LogP contribution in [0.4, 0.5) is 4.79 Å². The van der Waals surface area contributed by atoms with Gasteiger partial charge in [0, 0.05) is 21.1 Å². The van der Waals surface area contributed by atoms with E-state index in [1.54, 1.807) is 28.1 Å². The lowest BCUT2D eigenvalue weighted by atomic mass is 9.89. The lowest BCUT2D eigenvalue weighted by Gasteiger charge is -2.39. The lowest BCUT2D eigenvalue weighted by Crippen LogP contribution is -2.49. The van der Waals surface area contributed by atoms with Gasteiger partial charge in [0.15, 0.2) is 0 Å². The van der Waals surface area contributed by atoms with Crippen molar-refractivity contribution in [3.05, 3.63) is 0 Å². The standard InChI is InChI=1S/C9H18O4.C9H18O3/c1-8(2,12-6)9(3,4)13-7(10)11-5;1-7(10)12-9(4,5)8(2,3)11-6/h1-6H3;1-6H3. The highest BCUT2D eigenvalue weighted by molar-refractivity contribution is 5.66. The Bertz CT molecular complexity index is 437. The van der Waals surface area contributed by atoms with Crippen molar-refractivity contribution in [3.8, 4) is 0 Å². The molecule has 0 N–H and O–H groups in total. The van der Waals surface area contributed by atoms with Gasteiger partial charge in [0.05, 0.1) is 7.11 Å². The fraction of sp³-hybridized carbons (Fsp3) is 0.889. The van der Waals surface area contributed by atoms with Crippen LogP contribution in [0.2, 0.25) is 0 Å². The average Bonchev–Trinajstić information content (AvgIpc) is 2.45. The molecule has 0 bridgehead atoms. The zero-order valence-electron chi connectivity index (χ0n) is 17.9. The van der Waals surface area contributed by atoms with E-state index in [1.165, 1.54) is 14.0 Å². The Morgan fingerprint density at radius 3 is 1.16 bits per heavy atom. The third-order valence-electron chi connectivity index (χ3n) is 4.82. The molecule has 0 fully saturated rings. The molecule has 0 aromatic carbocycles. The molecule has 150 valence electrons. The molecule has 0 radical (unpaired) electrons. The molecule has 25 heavy (non-hydrogen) atoms. The summed E-state index contributed by atoms with van der Waals surface area (Å²) in [7, 11) is 4.45. The summed E-state index contributed by atoms with van der Waals surface area (Å²) < 4.78 is 25.0. The van der Waals surface area contributed by atoms with E-state index in [1.807, 2.05) is 41.5 Å². The van der Waals surface area contributed by atoms with E-state index in [-0.39, 0.29) is 5.97 Å². The normalized spacial score (nSPS) is 12.6. The van der Waals surface area contributed by atoms with Gasteiger partial charge in [-0.3, -0.25) is 4.79 Å². The van der Waals surface area contributed by atoms with Gasteiger partial charge in [-0.15, -0.1) is 0 Å². The summed E-state index contributed by atoms with van der Waals surface area (Å²) in [6, 6.07) is 0. The van der Waals surface area contributed by atoms with Crippen molar-refractivity contribution < 1.29 is 33.3 Å². The molecule has 0 rings (SSSR count). The van der Waals surface area contributed by atoms with Crippen LogP contribution in [-0.4, -0.2) is 55.9 Å². The van der Waals surface area contributed by atoms with E-state index >= 15 is 0 Å². The molecule has 0 saturated carbocycles. The molecule has 0 aliphatic rings. The molecule has 7 nitrogen and oxygen atoms in total. The molecular weight excluding hydrogens is 328 g/mol. The Morgan fingerprint density at radius 1 is 0.600 bits per heavy atom. The van der Waals surface area contributed by atoms with Crippen LogP contribution < -0.4 is 0 Å². The minimum atomic E-state index is -0.727. The second-order valence-corrected chi connectivity index (χ2v) is 7.60. The number of methoxy groups -OCH3 is 3. The summed E-state index contributed by atoms with van der Waals surface area (Å²) in [5.74, 6) is -0.287. The van der Waals surface area contributed by atoms with E-state index in [0.29, 0.717) is 0 Å². The number of esters is 1. The Hall–Kier alpha value is -1.34. The van der Waals surface area contributed by atoms with Crippen LogP contribution in [0, 0.1) is 0 Å². The van der Waals surface area contributed by atoms with E-state index in [9.17, 15) is 9.59 Å². The first kappa shape index (κ1) is 25.9. The number of ether oxygens (including phenoxy) is 5. The maximum atomic E-state index is 10.9. The number of rotatable bonds is 6. The highest BCUT2D eigenvalue weighted by Gasteiger charge is 2.41. The zero-order valence-corrected chi connectivity index (χ0v) is 17.9. The first-order valence-corrected chi connectivity index (χ1v) is 8.06. The summed E-state index contributed by atoms with van der Waals surface area (Å²) in [4.78, 5) is 21.6. The smallest absolute Gasteiger partial charge is 0.457 e. The minimum absolute atomic E-state index is 0.287. The third-order valence-corrected chi connectivity index (χ3v) is 4.82. The summed E-state index contributed by atoms with van der Waals surface area (Å²) in [5.41, 5.74) is -2.36. The van der Waals surface area contributed by atoms with Gasteiger partial charge in [-0.1, -0.05) is 0 Å². The van der Waals surface area contributed by atoms with Crippen LogP contribution in [0.25, 0.3) is 0 Å². The van der Waals surface area contributed by atoms with Crippen LogP contribution in [0.5, 0.6) is 0 Å². The largest absolute Gasteiger partial charge is 0.508 e. The first-order chi connectivity index (χ1) is 11.0. The van der Waals surface area contributed by atoms with Gasteiger partial charge in [0.2, 0.25) is 0 Å². The Kier molecular flexibility index (Phi) is 9.72. The number of hydrogen-bond donors (Lipinski definition) is 0. The van der Waals surface area contributed by atoms with Gasteiger partial charge in [0.1, 0.15) is 22.4 Å². The van der Waals surface area contributed by atoms with Crippen molar-refractivity contribution in [2.45, 2.75) is 84.7 Å². The first-order valence-electron chi connectivity index (χ1n) is 8.06. The fourth-order valence-corrected chi connectivity index (χ4v) is 1.35. The number of hydrogen-bond acceptors (Lipinski definition) is 7. The van der Waals surface area contributed by atoms with Crippen LogP contribution in [0.1, 0.15) is 62.3 Å². The monoisotopic (exact) mass is 364 g/mol. The van der Waals surface area contributed by atoms with Gasteiger partial charge >= 0.3 is 12.1 Å². The van der Waals surface area contributed by atoms with Crippen LogP contribution in [0.15, 0.2) is 0 Å². The average molecular weight is 364 g/mol. The third kappa shape index (κ3) is 8.05. The molecule has 7 heteroatoms. The van der Waals surface area contributed by atoms with E-state index in [0.717, 1.165) is 0 Å². The van der Waals surface area contributed by atoms with Crippen molar-refractivity contribution in [2.24, 2.45) is 0 Å². The van der Waals surface area contributed by atoms with Gasteiger partial charge < -0.3 is 23.7 Å². The van der Waals surface area contributed by atoms with Crippen molar-refractivity contribution in [2.75, 3.05) is 21.3 Å². The van der Waals surface area contributed by atoms with Crippen molar-refractivity contribution in [1.82, 2.24) is 0 Å². The minimum Gasteiger partial charge on any atom is -0.457 e. The summed E-state index contributed by atoms with van der Waals surface area (Å²) in [5, 5.41) is 0. The van der Waals surface area contributed by atoms with Crippen molar-refractivity contribution >= 4 is 12.1 Å². The predicted octanol–water partition coefficient (Wildman–Crippen LogP) is 3.73. The number of carbonyl (C=O) groups is 2. The molecule has 0 unspecified atom stereocenters. The fourth-order valence-electron chi connectivity index (χ4n) is 1.35. The topological polar surface area (TPSA) is 80.3 Å². The maximum Gasteiger partial charge on any atom is 0.508 e. The zero-order chi connectivity index (χ0) is 20.7. The predicted molar refractivity (Wildman–Crippen MR) is 95.6 cm³/mol. The molecule has 0 atom stereocenters. The Labute approximate surface area is 152 Å². The molecule has 0 heterocycles. The summed E-state index contributed by atoms with van der Waals surface area (Å²) >= 11 is 0. The van der Waals surface area contributed by atoms with Crippen molar-refractivity contribution in [1.29, 1.82) is 0 Å². The molecule has 0 aromatic rings. The molecule has 0 amide bonds. The second-order valence-electron chi connectivity index (χ2n) is 7.60. The SMILES string of the molecule is COC(=O)OC(C)(C)C(C)(C)OC.COC(C)(C)C(C)(C)OC(C)=O. The quantitative estimate of drug-likeness (QED) is 0.664. The van der Waals surface area contributed by atoms with Crippen LogP contribution in [-0.2, 0) is 28.5 Å². The molecule has 0 aliphatic carbocycles. The van der Waals surface area contributed by atoms with Gasteiger partial charge in [-0.25, -0.2) is 4.79 Å². The van der Waals surface area contributed by atoms with E-state index < -0.39 is 28.6 Å². The number of carbonyl (C=O) groups excluding carboxylic acids is 2. The van der Waals surface area contributed by atoms with Crippen LogP contribution >= 0.6 is 0 Å². The van der Waals surface area contributed by atoms with Gasteiger partial charge in [-0.2, -0.15) is 0 Å². The van der Waals surface area contributed by atoms with Gasteiger partial charge in [-0.05, 0) is 55.4 Å². The van der Waals surface area contributed by atoms with Gasteiger partial charge in [0.25, 0.3) is 0 Å². The highest BCUT2D eigenvalue weighted by atomic mass is 16.7. The molecular formula is C18H36O7. The maximum absolute atomic E-state index is 10.9. The van der Waals surface area contributed by atoms with E-state index in [2.05, 4.69) is 4.74 Å². The molecule has 0 aliphatic heterocycles. The van der Waals surface area contributed by atoms with Crippen LogP contribution in [0.3, 0.4) is 0 Å². The second kappa shape index (κ2) is 9.38. The van der Waals surface area contributed by atoms with E-state index in [4.69, 9.17) is 18.9 Å². The Balaban J connectivity index is 0. The molecule has 0 saturated heterocycles. The molecule has 0 aromatic heterocycles.